The van der Waals surface area contributed by atoms with Gasteiger partial charge in [0.1, 0.15) is 10.8 Å². The molecule has 0 unspecified atom stereocenters. The van der Waals surface area contributed by atoms with Crippen molar-refractivity contribution in [3.05, 3.63) is 58.4 Å². The second-order valence-electron chi connectivity index (χ2n) is 5.95. The largest absolute Gasteiger partial charge is 0.504 e. The molecule has 0 aliphatic carbocycles. The van der Waals surface area contributed by atoms with E-state index in [4.69, 9.17) is 21.4 Å². The lowest BCUT2D eigenvalue weighted by molar-refractivity contribution is -0.167. The van der Waals surface area contributed by atoms with Crippen LogP contribution >= 0.6 is 11.6 Å². The molecule has 0 fully saturated rings. The average molecular weight is 507 g/mol. The first kappa shape index (κ1) is 26.0. The van der Waals surface area contributed by atoms with Crippen LogP contribution in [-0.2, 0) is 11.0 Å². The highest BCUT2D eigenvalue weighted by molar-refractivity contribution is 6.31. The standard InChI is InChI=1S/C18H8ClF9N2O3/c19-12-5-8(16(20,21)22)6-30-15(12)33-10-3-1-9(2-4-10)29-7-11(13(31)17(23,24)25)14(32)18(26,27)28/h1-7,31H. The third-order valence-electron chi connectivity index (χ3n) is 3.55. The van der Waals surface area contributed by atoms with Gasteiger partial charge in [0.15, 0.2) is 0 Å². The number of ether oxygens (including phenoxy) is 1. The number of hydrogen-bond acceptors (Lipinski definition) is 5. The highest BCUT2D eigenvalue weighted by atomic mass is 35.5. The summed E-state index contributed by atoms with van der Waals surface area (Å²) in [6, 6.07) is 4.76. The summed E-state index contributed by atoms with van der Waals surface area (Å²) >= 11 is 5.68. The molecule has 0 saturated carbocycles. The van der Waals surface area contributed by atoms with E-state index in [-0.39, 0.29) is 17.7 Å². The van der Waals surface area contributed by atoms with Crippen LogP contribution in [0.1, 0.15) is 5.56 Å². The fourth-order valence-electron chi connectivity index (χ4n) is 2.04. The molecule has 0 spiro atoms. The highest BCUT2D eigenvalue weighted by Gasteiger charge is 2.46. The molecule has 0 saturated heterocycles. The first-order valence-corrected chi connectivity index (χ1v) is 8.54. The molecule has 33 heavy (non-hydrogen) atoms. The lowest BCUT2D eigenvalue weighted by atomic mass is 10.1. The Hall–Kier alpha value is -3.29. The fraction of sp³-hybridized carbons (Fsp3) is 0.167. The summed E-state index contributed by atoms with van der Waals surface area (Å²) in [5.74, 6) is -6.25. The second-order valence-corrected chi connectivity index (χ2v) is 6.36. The van der Waals surface area contributed by atoms with Crippen molar-refractivity contribution in [3.63, 3.8) is 0 Å². The van der Waals surface area contributed by atoms with Crippen molar-refractivity contribution in [3.8, 4) is 11.6 Å². The fourth-order valence-corrected chi connectivity index (χ4v) is 2.24. The molecule has 15 heteroatoms. The number of Topliss-reactive ketones (excluding diaryl/α,β-unsaturated/α-hetero) is 1. The number of rotatable bonds is 5. The normalized spacial score (nSPS) is 13.8. The number of nitrogens with zero attached hydrogens (tertiary/aromatic N) is 2. The van der Waals surface area contributed by atoms with Gasteiger partial charge in [-0.05, 0) is 30.3 Å². The van der Waals surface area contributed by atoms with Crippen LogP contribution in [0.4, 0.5) is 45.2 Å². The van der Waals surface area contributed by atoms with Gasteiger partial charge in [0.2, 0.25) is 11.6 Å². The van der Waals surface area contributed by atoms with Crippen LogP contribution < -0.4 is 4.74 Å². The van der Waals surface area contributed by atoms with Crippen molar-refractivity contribution in [2.75, 3.05) is 0 Å². The molecule has 0 atom stereocenters. The first-order valence-electron chi connectivity index (χ1n) is 8.17. The number of alkyl halides is 9. The number of benzene rings is 1. The zero-order chi connectivity index (χ0) is 25.2. The predicted octanol–water partition coefficient (Wildman–Crippen LogP) is 6.75. The zero-order valence-corrected chi connectivity index (χ0v) is 16.2. The minimum atomic E-state index is -5.72. The summed E-state index contributed by atoms with van der Waals surface area (Å²) in [7, 11) is 0. The summed E-state index contributed by atoms with van der Waals surface area (Å²) in [6.07, 6.45) is -15.7. The number of halogens is 10. The van der Waals surface area contributed by atoms with E-state index in [2.05, 4.69) is 9.98 Å². The third-order valence-corrected chi connectivity index (χ3v) is 3.83. The van der Waals surface area contributed by atoms with Crippen LogP contribution in [0.3, 0.4) is 0 Å². The van der Waals surface area contributed by atoms with Crippen molar-refractivity contribution in [2.24, 2.45) is 4.99 Å². The third kappa shape index (κ3) is 6.84. The number of pyridine rings is 1. The van der Waals surface area contributed by atoms with Crippen LogP contribution in [0, 0.1) is 0 Å². The molecule has 0 radical (unpaired) electrons. The number of aliphatic imine (C=N–C) groups is 1. The van der Waals surface area contributed by atoms with Gasteiger partial charge in [0.05, 0.1) is 16.8 Å². The molecule has 1 N–H and O–H groups in total. The predicted molar refractivity (Wildman–Crippen MR) is 95.7 cm³/mol. The van der Waals surface area contributed by atoms with Gasteiger partial charge in [-0.1, -0.05) is 11.6 Å². The van der Waals surface area contributed by atoms with E-state index in [1.165, 1.54) is 0 Å². The van der Waals surface area contributed by atoms with E-state index in [0.29, 0.717) is 12.3 Å². The number of aliphatic hydroxyl groups excluding tert-OH is 1. The zero-order valence-electron chi connectivity index (χ0n) is 15.5. The van der Waals surface area contributed by atoms with Gasteiger partial charge in [0.25, 0.3) is 5.78 Å². The SMILES string of the molecule is O=C(C(C=Nc1ccc(Oc2ncc(C(F)(F)F)cc2Cl)cc1)=C(O)C(F)(F)F)C(F)(F)F. The Bertz CT molecular complexity index is 1090. The minimum absolute atomic E-state index is 0.0802. The quantitative estimate of drug-likeness (QED) is 0.211. The summed E-state index contributed by atoms with van der Waals surface area (Å²) in [4.78, 5) is 17.9. The Morgan fingerprint density at radius 2 is 1.58 bits per heavy atom. The van der Waals surface area contributed by atoms with Gasteiger partial charge >= 0.3 is 18.5 Å². The van der Waals surface area contributed by atoms with Crippen LogP contribution in [0.25, 0.3) is 0 Å². The summed E-state index contributed by atoms with van der Waals surface area (Å²) in [5.41, 5.74) is -3.53. The first-order chi connectivity index (χ1) is 15.0. The number of aromatic nitrogens is 1. The van der Waals surface area contributed by atoms with E-state index in [1.807, 2.05) is 0 Å². The van der Waals surface area contributed by atoms with Crippen molar-refractivity contribution < 1.29 is 54.2 Å². The smallest absolute Gasteiger partial charge is 0.455 e. The molecule has 0 aliphatic rings. The number of ketones is 1. The van der Waals surface area contributed by atoms with Crippen LogP contribution in [0.15, 0.2) is 52.9 Å². The van der Waals surface area contributed by atoms with Crippen LogP contribution in [0.5, 0.6) is 11.6 Å². The Kier molecular flexibility index (Phi) is 7.31. The van der Waals surface area contributed by atoms with Crippen molar-refractivity contribution >= 4 is 29.3 Å². The minimum Gasteiger partial charge on any atom is -0.504 e. The van der Waals surface area contributed by atoms with Gasteiger partial charge in [0, 0.05) is 12.4 Å². The molecule has 2 rings (SSSR count). The van der Waals surface area contributed by atoms with E-state index >= 15 is 0 Å². The van der Waals surface area contributed by atoms with Crippen molar-refractivity contribution in [1.82, 2.24) is 4.98 Å². The summed E-state index contributed by atoms with van der Waals surface area (Å²) in [6.45, 7) is 0. The van der Waals surface area contributed by atoms with Gasteiger partial charge in [-0.25, -0.2) is 4.98 Å². The second kappa shape index (κ2) is 9.29. The van der Waals surface area contributed by atoms with E-state index < -0.39 is 52.1 Å². The number of carbonyl (C=O) groups excluding carboxylic acids is 1. The van der Waals surface area contributed by atoms with Crippen LogP contribution in [0.2, 0.25) is 5.02 Å². The topological polar surface area (TPSA) is 71.8 Å². The van der Waals surface area contributed by atoms with Gasteiger partial charge < -0.3 is 9.84 Å². The van der Waals surface area contributed by atoms with E-state index in [9.17, 15) is 44.3 Å². The van der Waals surface area contributed by atoms with Gasteiger partial charge in [-0.2, -0.15) is 39.5 Å². The molecule has 1 heterocycles. The van der Waals surface area contributed by atoms with Crippen molar-refractivity contribution in [1.29, 1.82) is 0 Å². The Morgan fingerprint density at radius 3 is 2.03 bits per heavy atom. The Balaban J connectivity index is 2.26. The number of carbonyl (C=O) groups is 1. The molecule has 1 aromatic heterocycles. The lowest BCUT2D eigenvalue weighted by Gasteiger charge is -2.11. The van der Waals surface area contributed by atoms with Gasteiger partial charge in [-0.3, -0.25) is 9.79 Å². The molecular formula is C18H8ClF9N2O3. The molecule has 1 aromatic carbocycles. The Morgan fingerprint density at radius 1 is 1.00 bits per heavy atom. The number of aliphatic hydroxyl groups is 1. The molecule has 0 amide bonds. The highest BCUT2D eigenvalue weighted by Crippen LogP contribution is 2.35. The molecule has 0 bridgehead atoms. The van der Waals surface area contributed by atoms with Crippen LogP contribution in [-0.4, -0.2) is 34.4 Å². The van der Waals surface area contributed by atoms with E-state index in [0.717, 1.165) is 24.3 Å². The molecule has 0 aliphatic heterocycles. The Labute approximate surface area is 182 Å². The summed E-state index contributed by atoms with van der Waals surface area (Å²) < 4.78 is 118. The van der Waals surface area contributed by atoms with E-state index in [1.54, 1.807) is 0 Å². The van der Waals surface area contributed by atoms with Crippen molar-refractivity contribution in [2.45, 2.75) is 18.5 Å². The molecule has 178 valence electrons. The van der Waals surface area contributed by atoms with Gasteiger partial charge in [-0.15, -0.1) is 0 Å². The lowest BCUT2D eigenvalue weighted by Crippen LogP contribution is -2.29. The number of hydrogen-bond donors (Lipinski definition) is 1. The molecule has 2 aromatic rings. The maximum absolute atomic E-state index is 12.6. The maximum atomic E-state index is 12.6. The summed E-state index contributed by atoms with van der Waals surface area (Å²) in [5, 5.41) is 8.50. The molecular weight excluding hydrogens is 499 g/mol. The average Bonchev–Trinajstić information content (AvgIpc) is 2.68. The molecule has 5 nitrogen and oxygen atoms in total. The monoisotopic (exact) mass is 506 g/mol. The maximum Gasteiger partial charge on any atom is 0.455 e. The number of allylic oxidation sites excluding steroid dienone is 2.